The van der Waals surface area contributed by atoms with Crippen molar-refractivity contribution in [2.24, 2.45) is 0 Å². The molecule has 0 fully saturated rings. The normalized spacial score (nSPS) is 13.5. The SMILES string of the molecule is C#CCC(C)NC(=O)C(OC)c1ccccc1. The van der Waals surface area contributed by atoms with Gasteiger partial charge in [0.25, 0.3) is 5.91 Å². The van der Waals surface area contributed by atoms with Crippen molar-refractivity contribution in [1.82, 2.24) is 5.32 Å². The van der Waals surface area contributed by atoms with Crippen LogP contribution < -0.4 is 5.32 Å². The van der Waals surface area contributed by atoms with Gasteiger partial charge in [-0.1, -0.05) is 30.3 Å². The molecule has 0 aliphatic heterocycles. The van der Waals surface area contributed by atoms with Gasteiger partial charge in [0.1, 0.15) is 0 Å². The fourth-order valence-corrected chi connectivity index (χ4v) is 1.57. The van der Waals surface area contributed by atoms with Crippen LogP contribution in [0.15, 0.2) is 30.3 Å². The molecule has 0 aliphatic rings. The van der Waals surface area contributed by atoms with Gasteiger partial charge in [-0.2, -0.15) is 0 Å². The van der Waals surface area contributed by atoms with E-state index in [1.165, 1.54) is 7.11 Å². The van der Waals surface area contributed by atoms with Gasteiger partial charge in [0.05, 0.1) is 0 Å². The zero-order valence-electron chi connectivity index (χ0n) is 10.1. The van der Waals surface area contributed by atoms with E-state index in [1.54, 1.807) is 0 Å². The topological polar surface area (TPSA) is 38.3 Å². The smallest absolute Gasteiger partial charge is 0.253 e. The fourth-order valence-electron chi connectivity index (χ4n) is 1.57. The molecular weight excluding hydrogens is 214 g/mol. The van der Waals surface area contributed by atoms with Crippen LogP contribution in [-0.4, -0.2) is 19.1 Å². The van der Waals surface area contributed by atoms with E-state index in [9.17, 15) is 4.79 Å². The average molecular weight is 231 g/mol. The number of methoxy groups -OCH3 is 1. The summed E-state index contributed by atoms with van der Waals surface area (Å²) in [6.07, 6.45) is 5.12. The molecule has 0 aromatic heterocycles. The summed E-state index contributed by atoms with van der Waals surface area (Å²) in [5, 5.41) is 2.82. The third-order valence-electron chi connectivity index (χ3n) is 2.39. The summed E-state index contributed by atoms with van der Waals surface area (Å²) >= 11 is 0. The molecule has 0 heterocycles. The lowest BCUT2D eigenvalue weighted by atomic mass is 10.1. The minimum Gasteiger partial charge on any atom is -0.367 e. The van der Waals surface area contributed by atoms with Crippen molar-refractivity contribution in [2.75, 3.05) is 7.11 Å². The molecular formula is C14H17NO2. The molecule has 2 unspecified atom stereocenters. The second-order valence-electron chi connectivity index (χ2n) is 3.84. The fraction of sp³-hybridized carbons (Fsp3) is 0.357. The Balaban J connectivity index is 2.69. The summed E-state index contributed by atoms with van der Waals surface area (Å²) in [5.74, 6) is 2.35. The average Bonchev–Trinajstić information content (AvgIpc) is 2.31. The Morgan fingerprint density at radius 2 is 2.12 bits per heavy atom. The molecule has 1 aromatic rings. The molecule has 3 nitrogen and oxygen atoms in total. The number of benzene rings is 1. The number of amides is 1. The molecule has 3 heteroatoms. The van der Waals surface area contributed by atoms with E-state index in [2.05, 4.69) is 11.2 Å². The molecule has 2 atom stereocenters. The highest BCUT2D eigenvalue weighted by Crippen LogP contribution is 2.16. The number of nitrogens with one attached hydrogen (secondary N) is 1. The maximum absolute atomic E-state index is 12.0. The molecule has 1 rings (SSSR count). The summed E-state index contributed by atoms with van der Waals surface area (Å²) in [6, 6.07) is 9.32. The van der Waals surface area contributed by atoms with Gasteiger partial charge in [0.15, 0.2) is 6.10 Å². The second kappa shape index (κ2) is 6.72. The van der Waals surface area contributed by atoms with Crippen molar-refractivity contribution in [3.8, 4) is 12.3 Å². The van der Waals surface area contributed by atoms with E-state index in [0.717, 1.165) is 5.56 Å². The van der Waals surface area contributed by atoms with E-state index in [-0.39, 0.29) is 11.9 Å². The van der Waals surface area contributed by atoms with Gasteiger partial charge in [0.2, 0.25) is 0 Å². The van der Waals surface area contributed by atoms with Crippen LogP contribution in [0.5, 0.6) is 0 Å². The molecule has 17 heavy (non-hydrogen) atoms. The highest BCUT2D eigenvalue weighted by atomic mass is 16.5. The molecule has 0 spiro atoms. The van der Waals surface area contributed by atoms with E-state index < -0.39 is 6.10 Å². The number of hydrogen-bond acceptors (Lipinski definition) is 2. The van der Waals surface area contributed by atoms with Gasteiger partial charge >= 0.3 is 0 Å². The van der Waals surface area contributed by atoms with Gasteiger partial charge in [-0.3, -0.25) is 4.79 Å². The number of rotatable bonds is 5. The van der Waals surface area contributed by atoms with E-state index in [0.29, 0.717) is 6.42 Å². The van der Waals surface area contributed by atoms with E-state index in [1.807, 2.05) is 37.3 Å². The number of hydrogen-bond donors (Lipinski definition) is 1. The Hall–Kier alpha value is -1.79. The highest BCUT2D eigenvalue weighted by molar-refractivity contribution is 5.82. The van der Waals surface area contributed by atoms with Gasteiger partial charge in [-0.05, 0) is 12.5 Å². The van der Waals surface area contributed by atoms with Crippen molar-refractivity contribution in [1.29, 1.82) is 0 Å². The van der Waals surface area contributed by atoms with Crippen LogP contribution in [-0.2, 0) is 9.53 Å². The molecule has 1 N–H and O–H groups in total. The third-order valence-corrected chi connectivity index (χ3v) is 2.39. The summed E-state index contributed by atoms with van der Waals surface area (Å²) in [7, 11) is 1.52. The third kappa shape index (κ3) is 3.93. The van der Waals surface area contributed by atoms with Crippen LogP contribution in [0.1, 0.15) is 25.0 Å². The molecule has 0 radical (unpaired) electrons. The minimum atomic E-state index is -0.587. The number of carbonyl (C=O) groups excluding carboxylic acids is 1. The monoisotopic (exact) mass is 231 g/mol. The first-order valence-electron chi connectivity index (χ1n) is 5.50. The maximum atomic E-state index is 12.0. The molecule has 90 valence electrons. The van der Waals surface area contributed by atoms with Crippen molar-refractivity contribution < 1.29 is 9.53 Å². The molecule has 0 saturated heterocycles. The Bertz CT molecular complexity index is 394. The second-order valence-corrected chi connectivity index (χ2v) is 3.84. The zero-order valence-corrected chi connectivity index (χ0v) is 10.1. The largest absolute Gasteiger partial charge is 0.367 e. The molecule has 0 aliphatic carbocycles. The molecule has 0 bridgehead atoms. The Morgan fingerprint density at radius 3 is 2.65 bits per heavy atom. The zero-order chi connectivity index (χ0) is 12.7. The number of terminal acetylenes is 1. The Morgan fingerprint density at radius 1 is 1.47 bits per heavy atom. The van der Waals surface area contributed by atoms with Gasteiger partial charge < -0.3 is 10.1 Å². The van der Waals surface area contributed by atoms with Crippen molar-refractivity contribution in [3.05, 3.63) is 35.9 Å². The first-order chi connectivity index (χ1) is 8.19. The number of ether oxygens (including phenoxy) is 1. The van der Waals surface area contributed by atoms with Crippen LogP contribution in [0.25, 0.3) is 0 Å². The van der Waals surface area contributed by atoms with Gasteiger partial charge in [0, 0.05) is 19.6 Å². The van der Waals surface area contributed by atoms with E-state index in [4.69, 9.17) is 11.2 Å². The van der Waals surface area contributed by atoms with Gasteiger partial charge in [-0.15, -0.1) is 12.3 Å². The van der Waals surface area contributed by atoms with Crippen LogP contribution in [0, 0.1) is 12.3 Å². The minimum absolute atomic E-state index is 0.0473. The summed E-state index contributed by atoms with van der Waals surface area (Å²) in [4.78, 5) is 12.0. The lowest BCUT2D eigenvalue weighted by molar-refractivity contribution is -0.132. The quantitative estimate of drug-likeness (QED) is 0.786. The number of carbonyl (C=O) groups is 1. The summed E-state index contributed by atoms with van der Waals surface area (Å²) in [5.41, 5.74) is 0.834. The summed E-state index contributed by atoms with van der Waals surface area (Å²) < 4.78 is 5.21. The summed E-state index contributed by atoms with van der Waals surface area (Å²) in [6.45, 7) is 1.87. The van der Waals surface area contributed by atoms with E-state index >= 15 is 0 Å². The van der Waals surface area contributed by atoms with Crippen molar-refractivity contribution >= 4 is 5.91 Å². The predicted molar refractivity (Wildman–Crippen MR) is 67.2 cm³/mol. The van der Waals surface area contributed by atoms with Crippen molar-refractivity contribution in [3.63, 3.8) is 0 Å². The first kappa shape index (κ1) is 13.3. The van der Waals surface area contributed by atoms with Crippen molar-refractivity contribution in [2.45, 2.75) is 25.5 Å². The molecule has 1 aromatic carbocycles. The first-order valence-corrected chi connectivity index (χ1v) is 5.50. The highest BCUT2D eigenvalue weighted by Gasteiger charge is 2.20. The predicted octanol–water partition coefficient (Wildman–Crippen LogP) is 1.90. The Kier molecular flexibility index (Phi) is 5.25. The standard InChI is InChI=1S/C14H17NO2/c1-4-8-11(2)15-14(16)13(17-3)12-9-6-5-7-10-12/h1,5-7,9-11,13H,8H2,2-3H3,(H,15,16). The van der Waals surface area contributed by atoms with Crippen LogP contribution in [0.2, 0.25) is 0 Å². The van der Waals surface area contributed by atoms with Crippen LogP contribution in [0.4, 0.5) is 0 Å². The van der Waals surface area contributed by atoms with Crippen LogP contribution >= 0.6 is 0 Å². The lowest BCUT2D eigenvalue weighted by Crippen LogP contribution is -2.36. The Labute approximate surface area is 102 Å². The van der Waals surface area contributed by atoms with Crippen LogP contribution in [0.3, 0.4) is 0 Å². The maximum Gasteiger partial charge on any atom is 0.253 e. The van der Waals surface area contributed by atoms with Gasteiger partial charge in [-0.25, -0.2) is 0 Å². The molecule has 0 saturated carbocycles. The lowest BCUT2D eigenvalue weighted by Gasteiger charge is -2.18. The molecule has 1 amide bonds.